The molecule has 0 aliphatic carbocycles. The Balaban J connectivity index is 1.94. The van der Waals surface area contributed by atoms with Crippen LogP contribution < -0.4 is 5.32 Å². The highest BCUT2D eigenvalue weighted by molar-refractivity contribution is 6.42. The molecule has 0 aliphatic heterocycles. The Labute approximate surface area is 132 Å². The maximum absolute atomic E-state index is 13.4. The van der Waals surface area contributed by atoms with Gasteiger partial charge >= 0.3 is 0 Å². The molecule has 2 aromatic rings. The summed E-state index contributed by atoms with van der Waals surface area (Å²) < 4.78 is 13.4. The van der Waals surface area contributed by atoms with E-state index >= 15 is 0 Å². The Bertz CT molecular complexity index is 686. The SMILES string of the molecule is O=C(/C=C/c1ccc(Cl)c(Cl)c1)NCc1ccccc1F. The standard InChI is InChI=1S/C16H12Cl2FNO/c17-13-7-5-11(9-14(13)18)6-8-16(21)20-10-12-3-1-2-4-15(12)19/h1-9H,10H2,(H,20,21)/b8-6+. The number of amides is 1. The molecule has 21 heavy (non-hydrogen) atoms. The molecule has 0 spiro atoms. The summed E-state index contributed by atoms with van der Waals surface area (Å²) in [6.45, 7) is 0.136. The molecular formula is C16H12Cl2FNO. The number of carbonyl (C=O) groups is 1. The third-order valence-corrected chi connectivity index (χ3v) is 3.52. The van der Waals surface area contributed by atoms with Crippen molar-refractivity contribution >= 4 is 35.2 Å². The van der Waals surface area contributed by atoms with Gasteiger partial charge in [-0.2, -0.15) is 0 Å². The van der Waals surface area contributed by atoms with Gasteiger partial charge in [0.2, 0.25) is 5.91 Å². The number of hydrogen-bond donors (Lipinski definition) is 1. The van der Waals surface area contributed by atoms with E-state index in [1.165, 1.54) is 12.1 Å². The molecule has 0 saturated carbocycles. The lowest BCUT2D eigenvalue weighted by Crippen LogP contribution is -2.20. The van der Waals surface area contributed by atoms with Crippen molar-refractivity contribution in [1.29, 1.82) is 0 Å². The van der Waals surface area contributed by atoms with Crippen molar-refractivity contribution < 1.29 is 9.18 Å². The monoisotopic (exact) mass is 323 g/mol. The van der Waals surface area contributed by atoms with Crippen LogP contribution in [0.2, 0.25) is 10.0 Å². The van der Waals surface area contributed by atoms with Crippen LogP contribution >= 0.6 is 23.2 Å². The summed E-state index contributed by atoms with van der Waals surface area (Å²) in [6.07, 6.45) is 2.97. The third kappa shape index (κ3) is 4.59. The van der Waals surface area contributed by atoms with E-state index in [0.717, 1.165) is 5.56 Å². The van der Waals surface area contributed by atoms with Gasteiger partial charge in [-0.3, -0.25) is 4.79 Å². The predicted octanol–water partition coefficient (Wildman–Crippen LogP) is 4.46. The maximum atomic E-state index is 13.4. The van der Waals surface area contributed by atoms with Gasteiger partial charge in [0.1, 0.15) is 5.82 Å². The van der Waals surface area contributed by atoms with E-state index < -0.39 is 0 Å². The number of carbonyl (C=O) groups excluding carboxylic acids is 1. The molecule has 0 heterocycles. The van der Waals surface area contributed by atoms with Crippen LogP contribution in [0, 0.1) is 5.82 Å². The second kappa shape index (κ2) is 7.25. The van der Waals surface area contributed by atoms with Crippen LogP contribution in [0.3, 0.4) is 0 Å². The first kappa shape index (κ1) is 15.5. The van der Waals surface area contributed by atoms with E-state index in [9.17, 15) is 9.18 Å². The highest BCUT2D eigenvalue weighted by Gasteiger charge is 2.02. The van der Waals surface area contributed by atoms with Crippen LogP contribution in [0.15, 0.2) is 48.5 Å². The molecule has 0 aliphatic rings. The van der Waals surface area contributed by atoms with Crippen molar-refractivity contribution in [3.63, 3.8) is 0 Å². The minimum absolute atomic E-state index is 0.136. The molecule has 0 fully saturated rings. The average Bonchev–Trinajstić information content (AvgIpc) is 2.47. The normalized spacial score (nSPS) is 10.8. The minimum Gasteiger partial charge on any atom is -0.348 e. The topological polar surface area (TPSA) is 29.1 Å². The van der Waals surface area contributed by atoms with E-state index in [1.807, 2.05) is 0 Å². The van der Waals surface area contributed by atoms with Crippen LogP contribution in [-0.2, 0) is 11.3 Å². The molecule has 0 atom stereocenters. The highest BCUT2D eigenvalue weighted by Crippen LogP contribution is 2.23. The fourth-order valence-electron chi connectivity index (χ4n) is 1.67. The Morgan fingerprint density at radius 3 is 2.62 bits per heavy atom. The zero-order valence-corrected chi connectivity index (χ0v) is 12.5. The van der Waals surface area contributed by atoms with Gasteiger partial charge in [-0.1, -0.05) is 47.5 Å². The number of benzene rings is 2. The lowest BCUT2D eigenvalue weighted by Gasteiger charge is -2.03. The van der Waals surface area contributed by atoms with E-state index in [2.05, 4.69) is 5.32 Å². The summed E-state index contributed by atoms with van der Waals surface area (Å²) in [5, 5.41) is 3.49. The van der Waals surface area contributed by atoms with Gasteiger partial charge < -0.3 is 5.32 Å². The average molecular weight is 324 g/mol. The van der Waals surface area contributed by atoms with Crippen LogP contribution in [0.1, 0.15) is 11.1 Å². The number of halogens is 3. The smallest absolute Gasteiger partial charge is 0.244 e. The van der Waals surface area contributed by atoms with Gasteiger partial charge in [-0.15, -0.1) is 0 Å². The van der Waals surface area contributed by atoms with Crippen LogP contribution in [0.25, 0.3) is 6.08 Å². The lowest BCUT2D eigenvalue weighted by molar-refractivity contribution is -0.116. The van der Waals surface area contributed by atoms with Crippen molar-refractivity contribution in [2.45, 2.75) is 6.54 Å². The fraction of sp³-hybridized carbons (Fsp3) is 0.0625. The van der Waals surface area contributed by atoms with E-state index in [-0.39, 0.29) is 18.3 Å². The minimum atomic E-state index is -0.341. The largest absolute Gasteiger partial charge is 0.348 e. The molecule has 0 bridgehead atoms. The van der Waals surface area contributed by atoms with Gasteiger partial charge in [0, 0.05) is 18.2 Å². The van der Waals surface area contributed by atoms with Crippen molar-refractivity contribution in [2.75, 3.05) is 0 Å². The first-order valence-corrected chi connectivity index (χ1v) is 6.96. The second-order valence-electron chi connectivity index (χ2n) is 4.32. The number of rotatable bonds is 4. The summed E-state index contributed by atoms with van der Waals surface area (Å²) in [4.78, 5) is 11.7. The summed E-state index contributed by atoms with van der Waals surface area (Å²) in [6, 6.07) is 11.4. The molecule has 0 saturated heterocycles. The first-order chi connectivity index (χ1) is 10.1. The lowest BCUT2D eigenvalue weighted by atomic mass is 10.2. The Morgan fingerprint density at radius 1 is 1.14 bits per heavy atom. The molecule has 2 rings (SSSR count). The quantitative estimate of drug-likeness (QED) is 0.827. The van der Waals surface area contributed by atoms with Gasteiger partial charge in [0.15, 0.2) is 0 Å². The molecule has 0 radical (unpaired) electrons. The van der Waals surface area contributed by atoms with Crippen LogP contribution in [-0.4, -0.2) is 5.91 Å². The summed E-state index contributed by atoms with van der Waals surface area (Å²) in [5.74, 6) is -0.657. The van der Waals surface area contributed by atoms with Crippen molar-refractivity contribution in [1.82, 2.24) is 5.32 Å². The van der Waals surface area contributed by atoms with Gasteiger partial charge in [0.05, 0.1) is 10.0 Å². The van der Waals surface area contributed by atoms with Crippen molar-refractivity contribution in [2.24, 2.45) is 0 Å². The van der Waals surface area contributed by atoms with Crippen molar-refractivity contribution in [3.8, 4) is 0 Å². The molecule has 1 N–H and O–H groups in total. The summed E-state index contributed by atoms with van der Waals surface area (Å²) in [5.41, 5.74) is 1.19. The molecular weight excluding hydrogens is 312 g/mol. The Hall–Kier alpha value is -1.84. The molecule has 108 valence electrons. The van der Waals surface area contributed by atoms with Crippen molar-refractivity contribution in [3.05, 3.63) is 75.5 Å². The molecule has 1 amide bonds. The second-order valence-corrected chi connectivity index (χ2v) is 5.13. The van der Waals surface area contributed by atoms with Crippen LogP contribution in [0.5, 0.6) is 0 Å². The van der Waals surface area contributed by atoms with Gasteiger partial charge in [-0.05, 0) is 29.8 Å². The summed E-state index contributed by atoms with van der Waals surface area (Å²) in [7, 11) is 0. The Morgan fingerprint density at radius 2 is 1.90 bits per heavy atom. The fourth-order valence-corrected chi connectivity index (χ4v) is 1.98. The van der Waals surface area contributed by atoms with E-state index in [4.69, 9.17) is 23.2 Å². The summed E-state index contributed by atoms with van der Waals surface area (Å²) >= 11 is 11.7. The molecule has 2 aromatic carbocycles. The molecule has 2 nitrogen and oxygen atoms in total. The Kier molecular flexibility index (Phi) is 5.37. The first-order valence-electron chi connectivity index (χ1n) is 6.20. The molecule has 5 heteroatoms. The zero-order valence-electron chi connectivity index (χ0n) is 10.9. The van der Waals surface area contributed by atoms with E-state index in [1.54, 1.807) is 42.5 Å². The van der Waals surface area contributed by atoms with Gasteiger partial charge in [0.25, 0.3) is 0 Å². The van der Waals surface area contributed by atoms with E-state index in [0.29, 0.717) is 15.6 Å². The van der Waals surface area contributed by atoms with Gasteiger partial charge in [-0.25, -0.2) is 4.39 Å². The highest BCUT2D eigenvalue weighted by atomic mass is 35.5. The maximum Gasteiger partial charge on any atom is 0.244 e. The predicted molar refractivity (Wildman–Crippen MR) is 83.7 cm³/mol. The molecule has 0 unspecified atom stereocenters. The third-order valence-electron chi connectivity index (χ3n) is 2.78. The number of hydrogen-bond acceptors (Lipinski definition) is 1. The van der Waals surface area contributed by atoms with Crippen LogP contribution in [0.4, 0.5) is 4.39 Å². The molecule has 0 aromatic heterocycles. The zero-order chi connectivity index (χ0) is 15.2. The number of nitrogens with one attached hydrogen (secondary N) is 1.